The van der Waals surface area contributed by atoms with Gasteiger partial charge in [0, 0.05) is 45.5 Å². The molecule has 2 aliphatic rings. The predicted molar refractivity (Wildman–Crippen MR) is 75.5 cm³/mol. The molecule has 1 aromatic heterocycles. The van der Waals surface area contributed by atoms with Crippen molar-refractivity contribution in [2.24, 2.45) is 0 Å². The van der Waals surface area contributed by atoms with Gasteiger partial charge in [-0.25, -0.2) is 4.39 Å². The lowest BCUT2D eigenvalue weighted by Crippen LogP contribution is -2.50. The number of pyridine rings is 1. The van der Waals surface area contributed by atoms with Crippen molar-refractivity contribution in [3.05, 3.63) is 29.8 Å². The number of hydrogen-bond acceptors (Lipinski definition) is 4. The third-order valence-corrected chi connectivity index (χ3v) is 4.15. The highest BCUT2D eigenvalue weighted by Crippen LogP contribution is 2.16. The number of carbonyl (C=O) groups is 1. The first-order valence-electron chi connectivity index (χ1n) is 7.47. The molecule has 0 bridgehead atoms. The second kappa shape index (κ2) is 6.49. The minimum atomic E-state index is -0.552. The summed E-state index contributed by atoms with van der Waals surface area (Å²) in [6.07, 6.45) is 5.14. The van der Waals surface area contributed by atoms with Gasteiger partial charge in [0.15, 0.2) is 5.82 Å². The molecule has 1 amide bonds. The van der Waals surface area contributed by atoms with Crippen LogP contribution in [0.5, 0.6) is 0 Å². The fourth-order valence-corrected chi connectivity index (χ4v) is 2.93. The number of ether oxygens (including phenoxy) is 1. The number of piperazine rings is 1. The molecule has 0 spiro atoms. The van der Waals surface area contributed by atoms with E-state index in [1.807, 2.05) is 0 Å². The molecule has 3 rings (SSSR count). The Bertz CT molecular complexity index is 497. The summed E-state index contributed by atoms with van der Waals surface area (Å²) in [5.74, 6) is -0.795. The highest BCUT2D eigenvalue weighted by molar-refractivity contribution is 5.94. The fraction of sp³-hybridized carbons (Fsp3) is 0.600. The van der Waals surface area contributed by atoms with Gasteiger partial charge in [0.1, 0.15) is 0 Å². The molecule has 2 saturated heterocycles. The van der Waals surface area contributed by atoms with Crippen molar-refractivity contribution in [3.63, 3.8) is 0 Å². The van der Waals surface area contributed by atoms with Crippen molar-refractivity contribution in [2.45, 2.75) is 18.9 Å². The topological polar surface area (TPSA) is 45.7 Å². The van der Waals surface area contributed by atoms with Gasteiger partial charge < -0.3 is 9.64 Å². The molecule has 0 N–H and O–H groups in total. The van der Waals surface area contributed by atoms with Crippen LogP contribution in [0.3, 0.4) is 0 Å². The van der Waals surface area contributed by atoms with E-state index in [9.17, 15) is 9.18 Å². The summed E-state index contributed by atoms with van der Waals surface area (Å²) in [5.41, 5.74) is 0.109. The number of aromatic nitrogens is 1. The van der Waals surface area contributed by atoms with Gasteiger partial charge in [0.05, 0.1) is 17.9 Å². The molecule has 2 aliphatic heterocycles. The second-order valence-corrected chi connectivity index (χ2v) is 5.58. The average molecular weight is 293 g/mol. The van der Waals surface area contributed by atoms with E-state index in [-0.39, 0.29) is 11.5 Å². The van der Waals surface area contributed by atoms with Crippen LogP contribution in [0, 0.1) is 5.82 Å². The number of nitrogens with zero attached hydrogens (tertiary/aromatic N) is 3. The normalized spacial score (nSPS) is 23.5. The Morgan fingerprint density at radius 2 is 2.19 bits per heavy atom. The summed E-state index contributed by atoms with van der Waals surface area (Å²) in [6.45, 7) is 4.70. The summed E-state index contributed by atoms with van der Waals surface area (Å²) in [4.78, 5) is 20.0. The number of hydrogen-bond donors (Lipinski definition) is 0. The third kappa shape index (κ3) is 3.39. The zero-order valence-corrected chi connectivity index (χ0v) is 12.0. The Kier molecular flexibility index (Phi) is 4.45. The number of carbonyl (C=O) groups excluding carboxylic acids is 1. The maximum atomic E-state index is 13.6. The smallest absolute Gasteiger partial charge is 0.257 e. The highest BCUT2D eigenvalue weighted by Gasteiger charge is 2.26. The fourth-order valence-electron chi connectivity index (χ4n) is 2.93. The number of amides is 1. The standard InChI is InChI=1S/C15H20FN3O2/c16-14-10-17-4-3-13(14)15(20)19-7-5-18(6-8-19)11-12-2-1-9-21-12/h3-4,10,12H,1-2,5-9,11H2. The molecule has 5 nitrogen and oxygen atoms in total. The molecular formula is C15H20FN3O2. The molecule has 2 fully saturated rings. The highest BCUT2D eigenvalue weighted by atomic mass is 19.1. The summed E-state index contributed by atoms with van der Waals surface area (Å²) in [7, 11) is 0. The van der Waals surface area contributed by atoms with Crippen molar-refractivity contribution >= 4 is 5.91 Å². The SMILES string of the molecule is O=C(c1ccncc1F)N1CCN(CC2CCCO2)CC1. The van der Waals surface area contributed by atoms with Crippen LogP contribution in [0.4, 0.5) is 4.39 Å². The van der Waals surface area contributed by atoms with Crippen LogP contribution >= 0.6 is 0 Å². The maximum Gasteiger partial charge on any atom is 0.257 e. The molecule has 114 valence electrons. The summed E-state index contributed by atoms with van der Waals surface area (Å²) in [6, 6.07) is 1.44. The molecule has 3 heterocycles. The van der Waals surface area contributed by atoms with Crippen molar-refractivity contribution in [1.82, 2.24) is 14.8 Å². The van der Waals surface area contributed by atoms with E-state index in [2.05, 4.69) is 9.88 Å². The molecule has 0 aliphatic carbocycles. The summed E-state index contributed by atoms with van der Waals surface area (Å²) < 4.78 is 19.2. The molecular weight excluding hydrogens is 273 g/mol. The van der Waals surface area contributed by atoms with E-state index in [0.717, 1.165) is 45.3 Å². The van der Waals surface area contributed by atoms with E-state index in [1.54, 1.807) is 4.90 Å². The summed E-state index contributed by atoms with van der Waals surface area (Å²) >= 11 is 0. The minimum absolute atomic E-state index is 0.109. The Morgan fingerprint density at radius 1 is 1.38 bits per heavy atom. The van der Waals surface area contributed by atoms with Gasteiger partial charge in [-0.3, -0.25) is 14.7 Å². The van der Waals surface area contributed by atoms with Crippen LogP contribution in [-0.2, 0) is 4.74 Å². The minimum Gasteiger partial charge on any atom is -0.377 e. The van der Waals surface area contributed by atoms with Gasteiger partial charge in [-0.1, -0.05) is 0 Å². The lowest BCUT2D eigenvalue weighted by molar-refractivity contribution is 0.0430. The predicted octanol–water partition coefficient (Wildman–Crippen LogP) is 1.16. The van der Waals surface area contributed by atoms with Gasteiger partial charge in [0.2, 0.25) is 0 Å². The zero-order valence-electron chi connectivity index (χ0n) is 12.0. The van der Waals surface area contributed by atoms with Gasteiger partial charge in [-0.15, -0.1) is 0 Å². The first-order chi connectivity index (χ1) is 10.2. The van der Waals surface area contributed by atoms with Gasteiger partial charge in [-0.2, -0.15) is 0 Å². The lowest BCUT2D eigenvalue weighted by atomic mass is 10.2. The van der Waals surface area contributed by atoms with Gasteiger partial charge in [0.25, 0.3) is 5.91 Å². The maximum absolute atomic E-state index is 13.6. The molecule has 0 aromatic carbocycles. The first kappa shape index (κ1) is 14.4. The molecule has 0 saturated carbocycles. The van der Waals surface area contributed by atoms with E-state index in [4.69, 9.17) is 4.74 Å². The van der Waals surface area contributed by atoms with E-state index >= 15 is 0 Å². The van der Waals surface area contributed by atoms with Crippen LogP contribution in [0.15, 0.2) is 18.5 Å². The Labute approximate surface area is 123 Å². The molecule has 1 aromatic rings. The van der Waals surface area contributed by atoms with Crippen molar-refractivity contribution in [2.75, 3.05) is 39.3 Å². The number of halogens is 1. The second-order valence-electron chi connectivity index (χ2n) is 5.58. The monoisotopic (exact) mass is 293 g/mol. The van der Waals surface area contributed by atoms with Crippen molar-refractivity contribution in [3.8, 4) is 0 Å². The zero-order chi connectivity index (χ0) is 14.7. The molecule has 1 atom stereocenters. The van der Waals surface area contributed by atoms with Crippen LogP contribution in [-0.4, -0.2) is 66.1 Å². The number of rotatable bonds is 3. The van der Waals surface area contributed by atoms with Crippen LogP contribution < -0.4 is 0 Å². The van der Waals surface area contributed by atoms with Gasteiger partial charge in [-0.05, 0) is 18.9 Å². The quantitative estimate of drug-likeness (QED) is 0.839. The Balaban J connectivity index is 1.53. The molecule has 21 heavy (non-hydrogen) atoms. The van der Waals surface area contributed by atoms with Crippen LogP contribution in [0.1, 0.15) is 23.2 Å². The van der Waals surface area contributed by atoms with Crippen LogP contribution in [0.25, 0.3) is 0 Å². The molecule has 1 unspecified atom stereocenters. The van der Waals surface area contributed by atoms with Crippen molar-refractivity contribution < 1.29 is 13.9 Å². The lowest BCUT2D eigenvalue weighted by Gasteiger charge is -2.35. The molecule has 0 radical (unpaired) electrons. The van der Waals surface area contributed by atoms with Crippen molar-refractivity contribution in [1.29, 1.82) is 0 Å². The van der Waals surface area contributed by atoms with Crippen LogP contribution in [0.2, 0.25) is 0 Å². The average Bonchev–Trinajstić information content (AvgIpc) is 3.01. The van der Waals surface area contributed by atoms with Gasteiger partial charge >= 0.3 is 0 Å². The van der Waals surface area contributed by atoms with E-state index in [1.165, 1.54) is 12.3 Å². The molecule has 6 heteroatoms. The Hall–Kier alpha value is -1.53. The largest absolute Gasteiger partial charge is 0.377 e. The Morgan fingerprint density at radius 3 is 2.86 bits per heavy atom. The first-order valence-corrected chi connectivity index (χ1v) is 7.47. The third-order valence-electron chi connectivity index (χ3n) is 4.15. The van der Waals surface area contributed by atoms with E-state index in [0.29, 0.717) is 19.2 Å². The van der Waals surface area contributed by atoms with E-state index < -0.39 is 5.82 Å². The summed E-state index contributed by atoms with van der Waals surface area (Å²) in [5, 5.41) is 0.